The Labute approximate surface area is 75.4 Å². The highest BCUT2D eigenvalue weighted by Crippen LogP contribution is 1.95. The SMILES string of the molecule is CCCCC=COC(=O)COP. The Morgan fingerprint density at radius 1 is 1.58 bits per heavy atom. The van der Waals surface area contributed by atoms with Gasteiger partial charge in [-0.1, -0.05) is 13.3 Å². The van der Waals surface area contributed by atoms with Crippen molar-refractivity contribution in [3.8, 4) is 0 Å². The lowest BCUT2D eigenvalue weighted by molar-refractivity contribution is -0.140. The second-order valence-corrected chi connectivity index (χ2v) is 2.65. The number of carbonyl (C=O) groups is 1. The third-order valence-electron chi connectivity index (χ3n) is 1.22. The van der Waals surface area contributed by atoms with Gasteiger partial charge >= 0.3 is 5.97 Å². The highest BCUT2D eigenvalue weighted by Gasteiger charge is 1.96. The van der Waals surface area contributed by atoms with E-state index in [2.05, 4.69) is 16.2 Å². The molecule has 0 rings (SSSR count). The van der Waals surface area contributed by atoms with E-state index in [0.717, 1.165) is 19.3 Å². The molecule has 0 amide bonds. The van der Waals surface area contributed by atoms with Crippen molar-refractivity contribution in [1.82, 2.24) is 0 Å². The minimum absolute atomic E-state index is 0.0250. The molecule has 0 aromatic carbocycles. The summed E-state index contributed by atoms with van der Waals surface area (Å²) < 4.78 is 9.16. The maximum absolute atomic E-state index is 10.7. The van der Waals surface area contributed by atoms with Crippen LogP contribution in [0, 0.1) is 0 Å². The summed E-state index contributed by atoms with van der Waals surface area (Å²) in [4.78, 5) is 10.7. The maximum atomic E-state index is 10.7. The molecule has 0 aliphatic carbocycles. The van der Waals surface area contributed by atoms with Crippen molar-refractivity contribution in [2.45, 2.75) is 26.2 Å². The minimum atomic E-state index is -0.377. The molecule has 0 aromatic heterocycles. The third kappa shape index (κ3) is 7.70. The molecule has 0 saturated carbocycles. The molecular weight excluding hydrogens is 175 g/mol. The van der Waals surface area contributed by atoms with Crippen molar-refractivity contribution in [2.75, 3.05) is 6.61 Å². The molecule has 0 fully saturated rings. The van der Waals surface area contributed by atoms with Gasteiger partial charge < -0.3 is 9.26 Å². The summed E-state index contributed by atoms with van der Waals surface area (Å²) in [5, 5.41) is 0. The molecule has 70 valence electrons. The first kappa shape index (κ1) is 11.6. The molecule has 4 heteroatoms. The topological polar surface area (TPSA) is 35.5 Å². The smallest absolute Gasteiger partial charge is 0.337 e. The molecule has 0 aliphatic rings. The number of hydrogen-bond donors (Lipinski definition) is 0. The van der Waals surface area contributed by atoms with Gasteiger partial charge in [0.05, 0.1) is 6.26 Å². The van der Waals surface area contributed by atoms with E-state index in [-0.39, 0.29) is 12.6 Å². The molecule has 1 unspecified atom stereocenters. The first-order valence-corrected chi connectivity index (χ1v) is 4.44. The van der Waals surface area contributed by atoms with Crippen LogP contribution in [0.1, 0.15) is 26.2 Å². The number of hydrogen-bond acceptors (Lipinski definition) is 3. The first-order valence-electron chi connectivity index (χ1n) is 3.97. The van der Waals surface area contributed by atoms with Crippen LogP contribution in [-0.2, 0) is 14.1 Å². The molecule has 0 aliphatic heterocycles. The normalized spacial score (nSPS) is 10.5. The largest absolute Gasteiger partial charge is 0.433 e. The van der Waals surface area contributed by atoms with Crippen LogP contribution < -0.4 is 0 Å². The van der Waals surface area contributed by atoms with Gasteiger partial charge in [-0.2, -0.15) is 0 Å². The third-order valence-corrected chi connectivity index (χ3v) is 1.39. The molecule has 0 radical (unpaired) electrons. The maximum Gasteiger partial charge on any atom is 0.337 e. The summed E-state index contributed by atoms with van der Waals surface area (Å²) >= 11 is 0. The van der Waals surface area contributed by atoms with Gasteiger partial charge in [0.25, 0.3) is 0 Å². The molecular formula is C8H15O3P. The molecule has 0 spiro atoms. The number of unbranched alkanes of at least 4 members (excludes halogenated alkanes) is 2. The monoisotopic (exact) mass is 190 g/mol. The van der Waals surface area contributed by atoms with E-state index < -0.39 is 0 Å². The van der Waals surface area contributed by atoms with Gasteiger partial charge in [0.1, 0.15) is 6.61 Å². The number of carbonyl (C=O) groups excluding carboxylic acids is 1. The highest BCUT2D eigenvalue weighted by molar-refractivity contribution is 7.09. The van der Waals surface area contributed by atoms with E-state index in [0.29, 0.717) is 0 Å². The van der Waals surface area contributed by atoms with E-state index in [4.69, 9.17) is 0 Å². The second-order valence-electron chi connectivity index (χ2n) is 2.31. The van der Waals surface area contributed by atoms with E-state index in [9.17, 15) is 4.79 Å². The van der Waals surface area contributed by atoms with E-state index in [1.807, 2.05) is 15.5 Å². The Morgan fingerprint density at radius 3 is 2.92 bits per heavy atom. The van der Waals surface area contributed by atoms with Gasteiger partial charge in [-0.25, -0.2) is 4.79 Å². The van der Waals surface area contributed by atoms with Crippen LogP contribution in [-0.4, -0.2) is 12.6 Å². The van der Waals surface area contributed by atoms with Gasteiger partial charge in [0.15, 0.2) is 0 Å². The van der Waals surface area contributed by atoms with Crippen molar-refractivity contribution < 1.29 is 14.1 Å². The zero-order valence-corrected chi connectivity index (χ0v) is 8.44. The second kappa shape index (κ2) is 8.69. The standard InChI is InChI=1S/C8H15O3P/c1-2-3-4-5-6-10-8(9)7-11-12/h5-6H,2-4,7,12H2,1H3. The fourth-order valence-electron chi connectivity index (χ4n) is 0.616. The summed E-state index contributed by atoms with van der Waals surface area (Å²) in [6.45, 7) is 2.09. The summed E-state index contributed by atoms with van der Waals surface area (Å²) in [7, 11) is 1.99. The van der Waals surface area contributed by atoms with E-state index in [1.165, 1.54) is 6.26 Å². The summed E-state index contributed by atoms with van der Waals surface area (Å²) in [5.74, 6) is -0.377. The molecule has 0 N–H and O–H groups in total. The Kier molecular flexibility index (Phi) is 8.40. The van der Waals surface area contributed by atoms with Crippen molar-refractivity contribution in [3.05, 3.63) is 12.3 Å². The average Bonchev–Trinajstić information content (AvgIpc) is 2.05. The number of allylic oxidation sites excluding steroid dienone is 1. The predicted molar refractivity (Wildman–Crippen MR) is 50.4 cm³/mol. The lowest BCUT2D eigenvalue weighted by Crippen LogP contribution is -2.05. The molecule has 0 aromatic rings. The fraction of sp³-hybridized carbons (Fsp3) is 0.625. The average molecular weight is 190 g/mol. The Balaban J connectivity index is 3.27. The zero-order valence-electron chi connectivity index (χ0n) is 7.29. The summed E-state index contributed by atoms with van der Waals surface area (Å²) in [5.41, 5.74) is 0. The highest BCUT2D eigenvalue weighted by atomic mass is 31.0. The van der Waals surface area contributed by atoms with Crippen molar-refractivity contribution in [3.63, 3.8) is 0 Å². The number of ether oxygens (including phenoxy) is 1. The summed E-state index contributed by atoms with van der Waals surface area (Å²) in [6, 6.07) is 0. The fourth-order valence-corrected chi connectivity index (χ4v) is 0.752. The first-order chi connectivity index (χ1) is 5.81. The quantitative estimate of drug-likeness (QED) is 0.278. The number of esters is 1. The Morgan fingerprint density at radius 2 is 2.33 bits per heavy atom. The van der Waals surface area contributed by atoms with Crippen LogP contribution in [0.15, 0.2) is 12.3 Å². The lowest BCUT2D eigenvalue weighted by Gasteiger charge is -1.95. The molecule has 0 bridgehead atoms. The van der Waals surface area contributed by atoms with Gasteiger partial charge in [0, 0.05) is 9.47 Å². The molecule has 0 saturated heterocycles. The number of rotatable bonds is 6. The van der Waals surface area contributed by atoms with Crippen LogP contribution in [0.4, 0.5) is 0 Å². The van der Waals surface area contributed by atoms with Gasteiger partial charge in [-0.3, -0.25) is 0 Å². The van der Waals surface area contributed by atoms with Crippen LogP contribution in [0.2, 0.25) is 0 Å². The lowest BCUT2D eigenvalue weighted by atomic mass is 10.2. The minimum Gasteiger partial charge on any atom is -0.433 e. The van der Waals surface area contributed by atoms with Crippen LogP contribution in [0.3, 0.4) is 0 Å². The van der Waals surface area contributed by atoms with E-state index in [1.54, 1.807) is 0 Å². The van der Waals surface area contributed by atoms with Gasteiger partial charge in [-0.15, -0.1) is 0 Å². The molecule has 3 nitrogen and oxygen atoms in total. The van der Waals surface area contributed by atoms with Crippen LogP contribution in [0.25, 0.3) is 0 Å². The summed E-state index contributed by atoms with van der Waals surface area (Å²) in [6.07, 6.45) is 6.47. The Bertz CT molecular complexity index is 145. The van der Waals surface area contributed by atoms with Crippen molar-refractivity contribution in [2.24, 2.45) is 0 Å². The van der Waals surface area contributed by atoms with E-state index >= 15 is 0 Å². The van der Waals surface area contributed by atoms with Crippen LogP contribution >= 0.6 is 9.47 Å². The zero-order chi connectivity index (χ0) is 9.23. The molecule has 1 atom stereocenters. The van der Waals surface area contributed by atoms with Gasteiger partial charge in [-0.05, 0) is 18.9 Å². The van der Waals surface area contributed by atoms with Gasteiger partial charge in [0.2, 0.25) is 0 Å². The Hall–Kier alpha value is -0.400. The molecule has 0 heterocycles. The predicted octanol–water partition coefficient (Wildman–Crippen LogP) is 2.04. The van der Waals surface area contributed by atoms with Crippen molar-refractivity contribution in [1.29, 1.82) is 0 Å². The van der Waals surface area contributed by atoms with Crippen molar-refractivity contribution >= 4 is 15.4 Å². The molecule has 12 heavy (non-hydrogen) atoms. The van der Waals surface area contributed by atoms with Crippen LogP contribution in [0.5, 0.6) is 0 Å².